The van der Waals surface area contributed by atoms with Gasteiger partial charge >= 0.3 is 0 Å². The highest BCUT2D eigenvalue weighted by Gasteiger charge is 2.16. The Labute approximate surface area is 189 Å². The van der Waals surface area contributed by atoms with Crippen molar-refractivity contribution in [2.45, 2.75) is 75.7 Å². The van der Waals surface area contributed by atoms with Crippen molar-refractivity contribution in [3.05, 3.63) is 6.20 Å². The molecule has 1 fully saturated rings. The molecule has 1 saturated carbocycles. The highest BCUT2D eigenvalue weighted by atomic mass is 32.2. The second-order valence-electron chi connectivity index (χ2n) is 8.44. The number of aromatic nitrogens is 4. The van der Waals surface area contributed by atoms with Crippen molar-refractivity contribution in [2.75, 3.05) is 32.1 Å². The van der Waals surface area contributed by atoms with Crippen molar-refractivity contribution in [3.8, 4) is 0 Å². The van der Waals surface area contributed by atoms with Crippen LogP contribution < -0.4 is 10.6 Å². The summed E-state index contributed by atoms with van der Waals surface area (Å²) in [7, 11) is 1.68. The van der Waals surface area contributed by atoms with Gasteiger partial charge in [-0.2, -0.15) is 5.10 Å². The number of nitrogens with one attached hydrogen (secondary N) is 2. The molecule has 2 aromatic rings. The number of hydrogen-bond donors (Lipinski definition) is 2. The molecular weight excluding hydrogens is 412 g/mol. The van der Waals surface area contributed by atoms with Gasteiger partial charge in [-0.15, -0.1) is 0 Å². The van der Waals surface area contributed by atoms with Crippen molar-refractivity contribution in [2.24, 2.45) is 5.92 Å². The molecule has 1 aliphatic rings. The van der Waals surface area contributed by atoms with Crippen molar-refractivity contribution in [3.63, 3.8) is 0 Å². The normalized spacial score (nSPS) is 15.0. The number of hydrogen-bond acceptors (Lipinski definition) is 7. The monoisotopic (exact) mass is 448 g/mol. The molecule has 0 bridgehead atoms. The number of amides is 1. The zero-order valence-electron chi connectivity index (χ0n) is 19.0. The molecule has 2 aromatic heterocycles. The van der Waals surface area contributed by atoms with Gasteiger partial charge in [0.25, 0.3) is 0 Å². The number of anilines is 1. The molecule has 31 heavy (non-hydrogen) atoms. The Bertz CT molecular complexity index is 835. The Hall–Kier alpha value is -1.87. The van der Waals surface area contributed by atoms with Crippen LogP contribution in [0.4, 0.5) is 5.82 Å². The first-order valence-electron chi connectivity index (χ1n) is 11.5. The van der Waals surface area contributed by atoms with Crippen molar-refractivity contribution < 1.29 is 9.53 Å². The van der Waals surface area contributed by atoms with Gasteiger partial charge in [-0.05, 0) is 12.3 Å². The maximum absolute atomic E-state index is 12.3. The maximum atomic E-state index is 12.3. The van der Waals surface area contributed by atoms with Crippen LogP contribution in [0.5, 0.6) is 0 Å². The molecule has 2 N–H and O–H groups in total. The first-order chi connectivity index (χ1) is 15.1. The third kappa shape index (κ3) is 7.35. The van der Waals surface area contributed by atoms with Gasteiger partial charge in [-0.3, -0.25) is 4.79 Å². The number of ether oxygens (including phenoxy) is 1. The molecule has 1 amide bonds. The SMILES string of the molecule is COCCNc1nc(SC(C)C)nc2c1cnn2CCNC(=O)CCC1CCCCC1. The first-order valence-corrected chi connectivity index (χ1v) is 12.3. The lowest BCUT2D eigenvalue weighted by atomic mass is 9.86. The van der Waals surface area contributed by atoms with E-state index in [4.69, 9.17) is 9.72 Å². The van der Waals surface area contributed by atoms with Crippen molar-refractivity contribution in [1.29, 1.82) is 0 Å². The van der Waals surface area contributed by atoms with Gasteiger partial charge in [0.05, 0.1) is 24.7 Å². The lowest BCUT2D eigenvalue weighted by Crippen LogP contribution is -2.28. The molecule has 0 aromatic carbocycles. The number of carbonyl (C=O) groups is 1. The Morgan fingerprint density at radius 1 is 1.26 bits per heavy atom. The van der Waals surface area contributed by atoms with E-state index in [1.807, 2.05) is 4.68 Å². The summed E-state index contributed by atoms with van der Waals surface area (Å²) in [4.78, 5) is 21.7. The van der Waals surface area contributed by atoms with Crippen LogP contribution in [-0.2, 0) is 16.1 Å². The third-order valence-electron chi connectivity index (χ3n) is 5.57. The molecule has 0 atom stereocenters. The molecule has 2 heterocycles. The Balaban J connectivity index is 1.59. The maximum Gasteiger partial charge on any atom is 0.220 e. The lowest BCUT2D eigenvalue weighted by Gasteiger charge is -2.20. The molecule has 0 aliphatic heterocycles. The third-order valence-corrected chi connectivity index (χ3v) is 6.43. The Kier molecular flexibility index (Phi) is 9.39. The fraction of sp³-hybridized carbons (Fsp3) is 0.727. The summed E-state index contributed by atoms with van der Waals surface area (Å²) in [6, 6.07) is 0. The number of methoxy groups -OCH3 is 1. The number of fused-ring (bicyclic) bond motifs is 1. The number of carbonyl (C=O) groups excluding carboxylic acids is 1. The van der Waals surface area contributed by atoms with E-state index in [-0.39, 0.29) is 5.91 Å². The van der Waals surface area contributed by atoms with Gasteiger partial charge in [0.1, 0.15) is 5.82 Å². The molecular formula is C22H36N6O2S. The van der Waals surface area contributed by atoms with Gasteiger partial charge in [0, 0.05) is 31.9 Å². The van der Waals surface area contributed by atoms with E-state index >= 15 is 0 Å². The van der Waals surface area contributed by atoms with E-state index in [1.54, 1.807) is 25.1 Å². The average Bonchev–Trinajstić information content (AvgIpc) is 3.16. The molecule has 0 unspecified atom stereocenters. The Morgan fingerprint density at radius 3 is 2.81 bits per heavy atom. The molecule has 9 heteroatoms. The number of nitrogens with zero attached hydrogens (tertiary/aromatic N) is 4. The standard InChI is InChI=1S/C22H36N6O2S/c1-16(2)31-22-26-20(24-12-14-30-3)18-15-25-28(21(18)27-22)13-11-23-19(29)10-9-17-7-5-4-6-8-17/h15-17H,4-14H2,1-3H3,(H,23,29)(H,24,26,27). The second-order valence-corrected chi connectivity index (χ2v) is 9.98. The summed E-state index contributed by atoms with van der Waals surface area (Å²) in [5, 5.41) is 12.9. The largest absolute Gasteiger partial charge is 0.383 e. The summed E-state index contributed by atoms with van der Waals surface area (Å²) in [5.74, 6) is 1.63. The fourth-order valence-corrected chi connectivity index (χ4v) is 4.67. The molecule has 0 saturated heterocycles. The van der Waals surface area contributed by atoms with Crippen LogP contribution in [0.3, 0.4) is 0 Å². The molecule has 172 valence electrons. The number of rotatable bonds is 12. The minimum Gasteiger partial charge on any atom is -0.383 e. The van der Waals surface area contributed by atoms with Crippen LogP contribution in [0, 0.1) is 5.92 Å². The summed E-state index contributed by atoms with van der Waals surface area (Å²) >= 11 is 1.62. The zero-order valence-corrected chi connectivity index (χ0v) is 19.8. The van der Waals surface area contributed by atoms with Crippen LogP contribution in [0.2, 0.25) is 0 Å². The molecule has 8 nitrogen and oxygen atoms in total. The van der Waals surface area contributed by atoms with E-state index < -0.39 is 0 Å². The van der Waals surface area contributed by atoms with Crippen molar-refractivity contribution >= 4 is 34.5 Å². The van der Waals surface area contributed by atoms with Crippen LogP contribution >= 0.6 is 11.8 Å². The van der Waals surface area contributed by atoms with E-state index in [2.05, 4.69) is 34.6 Å². The summed E-state index contributed by atoms with van der Waals surface area (Å²) in [6.45, 7) is 6.63. The van der Waals surface area contributed by atoms with Gasteiger partial charge in [0.2, 0.25) is 5.91 Å². The topological polar surface area (TPSA) is 94.0 Å². The minimum atomic E-state index is 0.134. The van der Waals surface area contributed by atoms with Crippen LogP contribution in [0.15, 0.2) is 11.4 Å². The predicted molar refractivity (Wildman–Crippen MR) is 126 cm³/mol. The van der Waals surface area contributed by atoms with Gasteiger partial charge in [-0.1, -0.05) is 57.7 Å². The smallest absolute Gasteiger partial charge is 0.220 e. The quantitative estimate of drug-likeness (QED) is 0.289. The molecule has 1 aliphatic carbocycles. The summed E-state index contributed by atoms with van der Waals surface area (Å²) in [6.07, 6.45) is 9.98. The van der Waals surface area contributed by atoms with E-state index in [0.717, 1.165) is 34.3 Å². The van der Waals surface area contributed by atoms with Gasteiger partial charge in [-0.25, -0.2) is 14.6 Å². The molecule has 3 rings (SSSR count). The Morgan fingerprint density at radius 2 is 2.06 bits per heavy atom. The van der Waals surface area contributed by atoms with Gasteiger partial charge < -0.3 is 15.4 Å². The van der Waals surface area contributed by atoms with E-state index in [0.29, 0.717) is 37.9 Å². The predicted octanol–water partition coefficient (Wildman–Crippen LogP) is 3.86. The first kappa shape index (κ1) is 23.8. The van der Waals surface area contributed by atoms with Crippen LogP contribution in [0.1, 0.15) is 58.8 Å². The van der Waals surface area contributed by atoms with Gasteiger partial charge in [0.15, 0.2) is 10.8 Å². The number of thioether (sulfide) groups is 1. The van der Waals surface area contributed by atoms with Crippen molar-refractivity contribution in [1.82, 2.24) is 25.1 Å². The second kappa shape index (κ2) is 12.2. The molecule has 0 radical (unpaired) electrons. The van der Waals surface area contributed by atoms with Crippen LogP contribution in [-0.4, -0.2) is 57.7 Å². The fourth-order valence-electron chi connectivity index (χ4n) is 3.97. The van der Waals surface area contributed by atoms with E-state index in [1.165, 1.54) is 32.1 Å². The van der Waals surface area contributed by atoms with E-state index in [9.17, 15) is 4.79 Å². The molecule has 0 spiro atoms. The zero-order chi connectivity index (χ0) is 22.1. The summed E-state index contributed by atoms with van der Waals surface area (Å²) < 4.78 is 6.99. The lowest BCUT2D eigenvalue weighted by molar-refractivity contribution is -0.121. The minimum absolute atomic E-state index is 0.134. The van der Waals surface area contributed by atoms with Crippen LogP contribution in [0.25, 0.3) is 11.0 Å². The summed E-state index contributed by atoms with van der Waals surface area (Å²) in [5.41, 5.74) is 0.787. The average molecular weight is 449 g/mol. The highest BCUT2D eigenvalue weighted by Crippen LogP contribution is 2.27. The highest BCUT2D eigenvalue weighted by molar-refractivity contribution is 7.99.